The Morgan fingerprint density at radius 3 is 2.70 bits per heavy atom. The molecule has 0 aromatic carbocycles. The first-order valence-corrected chi connectivity index (χ1v) is 10.1. The van der Waals surface area contributed by atoms with E-state index in [1.807, 2.05) is 0 Å². The van der Waals surface area contributed by atoms with E-state index in [9.17, 15) is 15.0 Å². The van der Waals surface area contributed by atoms with Crippen molar-refractivity contribution in [1.82, 2.24) is 0 Å². The number of methoxy groups -OCH3 is 1. The predicted molar refractivity (Wildman–Crippen MR) is 95.4 cm³/mol. The molecule has 3 aliphatic carbocycles. The van der Waals surface area contributed by atoms with Gasteiger partial charge in [0.1, 0.15) is 11.5 Å². The summed E-state index contributed by atoms with van der Waals surface area (Å²) in [6, 6.07) is 0. The van der Waals surface area contributed by atoms with E-state index >= 15 is 0 Å². The van der Waals surface area contributed by atoms with Gasteiger partial charge in [-0.05, 0) is 42.6 Å². The molecule has 5 aliphatic rings. The Kier molecular flexibility index (Phi) is 3.59. The van der Waals surface area contributed by atoms with Gasteiger partial charge in [0, 0.05) is 24.4 Å². The second-order valence-electron chi connectivity index (χ2n) is 10.1. The highest BCUT2D eigenvalue weighted by Crippen LogP contribution is 2.72. The first kappa shape index (κ1) is 18.1. The summed E-state index contributed by atoms with van der Waals surface area (Å²) in [5.74, 6) is -0.831. The molecule has 2 N–H and O–H groups in total. The van der Waals surface area contributed by atoms with E-state index in [-0.39, 0.29) is 29.3 Å². The minimum atomic E-state index is -1.12. The number of ether oxygens (including phenoxy) is 3. The van der Waals surface area contributed by atoms with Crippen molar-refractivity contribution in [3.63, 3.8) is 0 Å². The van der Waals surface area contributed by atoms with E-state index in [4.69, 9.17) is 14.2 Å². The van der Waals surface area contributed by atoms with Gasteiger partial charge in [-0.2, -0.15) is 0 Å². The summed E-state index contributed by atoms with van der Waals surface area (Å²) in [5.41, 5.74) is -1.09. The summed E-state index contributed by atoms with van der Waals surface area (Å²) >= 11 is 0. The van der Waals surface area contributed by atoms with Gasteiger partial charge in [0.05, 0.1) is 18.8 Å². The number of rotatable bonds is 1. The van der Waals surface area contributed by atoms with Crippen molar-refractivity contribution >= 4 is 5.97 Å². The van der Waals surface area contributed by atoms with Gasteiger partial charge < -0.3 is 24.4 Å². The van der Waals surface area contributed by atoms with Crippen LogP contribution >= 0.6 is 0 Å². The standard InChI is InChI=1S/C21H30O6/c1-10-11-7-12(22)14-20(8-11,16(10)23)18(24)27-13-5-6-19(2,3)15-17(25-4)26-9-21(13,14)15/h11-17,22-23H,1,5-9H2,2-4H3. The smallest absolute Gasteiger partial charge is 0.315 e. The maximum atomic E-state index is 13.3. The molecule has 0 amide bonds. The topological polar surface area (TPSA) is 85.2 Å². The minimum absolute atomic E-state index is 0.0176. The number of carbonyl (C=O) groups excluding carboxylic acids is 1. The quantitative estimate of drug-likeness (QED) is 0.533. The summed E-state index contributed by atoms with van der Waals surface area (Å²) in [4.78, 5) is 13.3. The van der Waals surface area contributed by atoms with E-state index in [0.29, 0.717) is 25.0 Å². The Balaban J connectivity index is 1.73. The first-order valence-electron chi connectivity index (χ1n) is 10.1. The summed E-state index contributed by atoms with van der Waals surface area (Å²) in [5, 5.41) is 22.4. The third kappa shape index (κ3) is 1.88. The van der Waals surface area contributed by atoms with Crippen molar-refractivity contribution in [2.75, 3.05) is 13.7 Å². The fourth-order valence-electron chi connectivity index (χ4n) is 7.74. The first-order chi connectivity index (χ1) is 12.7. The zero-order valence-corrected chi connectivity index (χ0v) is 16.3. The highest BCUT2D eigenvalue weighted by molar-refractivity contribution is 5.82. The van der Waals surface area contributed by atoms with Gasteiger partial charge >= 0.3 is 5.97 Å². The number of fused-ring (bicyclic) bond motifs is 1. The largest absolute Gasteiger partial charge is 0.461 e. The number of esters is 1. The lowest BCUT2D eigenvalue weighted by Crippen LogP contribution is -2.71. The van der Waals surface area contributed by atoms with Crippen LogP contribution in [0.15, 0.2) is 12.2 Å². The van der Waals surface area contributed by atoms with Crippen LogP contribution in [-0.2, 0) is 19.0 Å². The van der Waals surface area contributed by atoms with Crippen LogP contribution in [0.3, 0.4) is 0 Å². The molecule has 5 fully saturated rings. The van der Waals surface area contributed by atoms with Crippen molar-refractivity contribution in [3.8, 4) is 0 Å². The van der Waals surface area contributed by atoms with E-state index in [2.05, 4.69) is 20.4 Å². The molecule has 6 nitrogen and oxygen atoms in total. The SMILES string of the molecule is C=C1C2CC(O)C3C(C2)(C(=O)OC2CCC(C)(C)C4C(OC)OCC243)C1O. The molecule has 6 heteroatoms. The van der Waals surface area contributed by atoms with Gasteiger partial charge in [0.2, 0.25) is 0 Å². The molecule has 5 rings (SSSR count). The van der Waals surface area contributed by atoms with Gasteiger partial charge in [-0.3, -0.25) is 4.79 Å². The lowest BCUT2D eigenvalue weighted by molar-refractivity contribution is -0.265. The van der Waals surface area contributed by atoms with Gasteiger partial charge in [-0.25, -0.2) is 0 Å². The van der Waals surface area contributed by atoms with Crippen LogP contribution in [-0.4, -0.2) is 54.5 Å². The zero-order valence-electron chi connectivity index (χ0n) is 16.3. The Morgan fingerprint density at radius 1 is 1.26 bits per heavy atom. The lowest BCUT2D eigenvalue weighted by atomic mass is 9.43. The third-order valence-corrected chi connectivity index (χ3v) is 8.70. The molecule has 2 heterocycles. The van der Waals surface area contributed by atoms with E-state index in [0.717, 1.165) is 12.8 Å². The highest BCUT2D eigenvalue weighted by atomic mass is 16.7. The molecule has 150 valence electrons. The van der Waals surface area contributed by atoms with Gasteiger partial charge in [0.15, 0.2) is 6.29 Å². The van der Waals surface area contributed by atoms with E-state index in [1.54, 1.807) is 7.11 Å². The van der Waals surface area contributed by atoms with Crippen molar-refractivity contribution in [2.24, 2.45) is 34.0 Å². The molecule has 27 heavy (non-hydrogen) atoms. The molecule has 2 aliphatic heterocycles. The lowest BCUT2D eigenvalue weighted by Gasteiger charge is -2.63. The van der Waals surface area contributed by atoms with Crippen LogP contribution in [0.4, 0.5) is 0 Å². The summed E-state index contributed by atoms with van der Waals surface area (Å²) in [6.45, 7) is 8.85. The molecule has 2 saturated heterocycles. The third-order valence-electron chi connectivity index (χ3n) is 8.70. The number of carbonyl (C=O) groups is 1. The van der Waals surface area contributed by atoms with Crippen molar-refractivity contribution in [3.05, 3.63) is 12.2 Å². The minimum Gasteiger partial charge on any atom is -0.461 e. The Labute approximate surface area is 159 Å². The number of aliphatic hydroxyl groups is 2. The van der Waals surface area contributed by atoms with Crippen LogP contribution in [0.1, 0.15) is 39.5 Å². The fraction of sp³-hybridized carbons (Fsp3) is 0.857. The number of hydrogen-bond acceptors (Lipinski definition) is 6. The van der Waals surface area contributed by atoms with Gasteiger partial charge in [-0.15, -0.1) is 0 Å². The number of hydrogen-bond donors (Lipinski definition) is 2. The van der Waals surface area contributed by atoms with Crippen molar-refractivity contribution in [2.45, 2.75) is 64.1 Å². The molecule has 0 aromatic rings. The Bertz CT molecular complexity index is 703. The number of aliphatic hydroxyl groups excluding tert-OH is 2. The van der Waals surface area contributed by atoms with E-state index in [1.165, 1.54) is 0 Å². The second kappa shape index (κ2) is 5.35. The Hall–Kier alpha value is -0.950. The van der Waals surface area contributed by atoms with Crippen molar-refractivity contribution < 1.29 is 29.2 Å². The molecule has 2 spiro atoms. The van der Waals surface area contributed by atoms with Gasteiger partial charge in [-0.1, -0.05) is 20.4 Å². The van der Waals surface area contributed by atoms with Crippen LogP contribution in [0.2, 0.25) is 0 Å². The fourth-order valence-corrected chi connectivity index (χ4v) is 7.74. The van der Waals surface area contributed by atoms with Crippen LogP contribution in [0, 0.1) is 34.0 Å². The normalized spacial score (nSPS) is 55.5. The average Bonchev–Trinajstić information content (AvgIpc) is 3.10. The monoisotopic (exact) mass is 378 g/mol. The van der Waals surface area contributed by atoms with Crippen LogP contribution < -0.4 is 0 Å². The van der Waals surface area contributed by atoms with E-state index < -0.39 is 35.2 Å². The molecule has 3 saturated carbocycles. The maximum absolute atomic E-state index is 13.3. The summed E-state index contributed by atoms with van der Waals surface area (Å²) < 4.78 is 17.9. The van der Waals surface area contributed by atoms with Crippen LogP contribution in [0.5, 0.6) is 0 Å². The average molecular weight is 378 g/mol. The second-order valence-corrected chi connectivity index (χ2v) is 10.1. The zero-order chi connectivity index (χ0) is 19.4. The summed E-state index contributed by atoms with van der Waals surface area (Å²) in [7, 11) is 1.65. The maximum Gasteiger partial charge on any atom is 0.315 e. The molecule has 9 atom stereocenters. The predicted octanol–water partition coefficient (Wildman–Crippen LogP) is 1.64. The van der Waals surface area contributed by atoms with Crippen molar-refractivity contribution in [1.29, 1.82) is 0 Å². The molecular formula is C21H30O6. The van der Waals surface area contributed by atoms with Crippen LogP contribution in [0.25, 0.3) is 0 Å². The Morgan fingerprint density at radius 2 is 2.00 bits per heavy atom. The van der Waals surface area contributed by atoms with Gasteiger partial charge in [0.25, 0.3) is 0 Å². The highest BCUT2D eigenvalue weighted by Gasteiger charge is 2.78. The molecule has 0 radical (unpaired) electrons. The molecule has 9 unspecified atom stereocenters. The summed E-state index contributed by atoms with van der Waals surface area (Å²) in [6.07, 6.45) is 0.308. The molecule has 2 bridgehead atoms. The molecular weight excluding hydrogens is 348 g/mol. The molecule has 0 aromatic heterocycles.